The minimum atomic E-state index is -0.666. The summed E-state index contributed by atoms with van der Waals surface area (Å²) >= 11 is 9.25. The molecule has 7 heteroatoms. The van der Waals surface area contributed by atoms with Gasteiger partial charge in [0.1, 0.15) is 0 Å². The van der Waals surface area contributed by atoms with E-state index in [-0.39, 0.29) is 16.8 Å². The second-order valence-corrected chi connectivity index (χ2v) is 5.78. The number of nitro benzene ring substituents is 1. The minimum Gasteiger partial charge on any atom is -0.465 e. The van der Waals surface area contributed by atoms with Gasteiger partial charge in [0.25, 0.3) is 5.69 Å². The summed E-state index contributed by atoms with van der Waals surface area (Å²) in [4.78, 5) is 22.8. The predicted molar refractivity (Wildman–Crippen MR) is 92.1 cm³/mol. The van der Waals surface area contributed by atoms with E-state index in [0.29, 0.717) is 15.1 Å². The Morgan fingerprint density at radius 3 is 2.61 bits per heavy atom. The van der Waals surface area contributed by atoms with Gasteiger partial charge in [-0.2, -0.15) is 0 Å². The summed E-state index contributed by atoms with van der Waals surface area (Å²) in [6.07, 6.45) is 1.52. The topological polar surface area (TPSA) is 69.4 Å². The third kappa shape index (κ3) is 3.97. The Hall–Kier alpha value is -2.18. The monoisotopic (exact) mass is 395 g/mol. The van der Waals surface area contributed by atoms with Crippen molar-refractivity contribution in [1.82, 2.24) is 0 Å². The summed E-state index contributed by atoms with van der Waals surface area (Å²) < 4.78 is 5.42. The quantitative estimate of drug-likeness (QED) is 0.246. The van der Waals surface area contributed by atoms with Gasteiger partial charge in [-0.25, -0.2) is 4.79 Å². The zero-order valence-corrected chi connectivity index (χ0v) is 14.3. The molecule has 0 aromatic heterocycles. The minimum absolute atomic E-state index is 0.0859. The molecule has 0 aliphatic rings. The van der Waals surface area contributed by atoms with E-state index in [1.807, 2.05) is 0 Å². The Morgan fingerprint density at radius 1 is 1.30 bits per heavy atom. The van der Waals surface area contributed by atoms with Crippen LogP contribution in [0.1, 0.15) is 11.1 Å². The fraction of sp³-hybridized carbons (Fsp3) is 0.0625. The molecule has 0 heterocycles. The Labute approximate surface area is 145 Å². The largest absolute Gasteiger partial charge is 0.465 e. The maximum absolute atomic E-state index is 12.1. The zero-order valence-electron chi connectivity index (χ0n) is 12.0. The number of carbonyl (C=O) groups is 1. The van der Waals surface area contributed by atoms with Gasteiger partial charge < -0.3 is 4.74 Å². The fourth-order valence-corrected chi connectivity index (χ4v) is 2.79. The van der Waals surface area contributed by atoms with Crippen molar-refractivity contribution >= 4 is 50.8 Å². The molecule has 0 amide bonds. The molecule has 0 unspecified atom stereocenters. The highest BCUT2D eigenvalue weighted by Crippen LogP contribution is 2.31. The third-order valence-corrected chi connectivity index (χ3v) is 3.98. The molecule has 2 aromatic carbocycles. The second-order valence-electron chi connectivity index (χ2n) is 4.49. The summed E-state index contributed by atoms with van der Waals surface area (Å²) in [6.45, 7) is 0. The van der Waals surface area contributed by atoms with E-state index >= 15 is 0 Å². The van der Waals surface area contributed by atoms with Gasteiger partial charge in [0.2, 0.25) is 0 Å². The molecule has 0 radical (unpaired) electrons. The number of halogens is 2. The molecule has 2 rings (SSSR count). The van der Waals surface area contributed by atoms with Gasteiger partial charge in [-0.3, -0.25) is 10.1 Å². The van der Waals surface area contributed by atoms with Gasteiger partial charge in [0.05, 0.1) is 23.2 Å². The molecular weight excluding hydrogens is 386 g/mol. The van der Waals surface area contributed by atoms with Crippen molar-refractivity contribution < 1.29 is 14.5 Å². The van der Waals surface area contributed by atoms with E-state index in [2.05, 4.69) is 15.9 Å². The van der Waals surface area contributed by atoms with Crippen molar-refractivity contribution in [3.05, 3.63) is 73.2 Å². The number of benzene rings is 2. The molecule has 2 aromatic rings. The van der Waals surface area contributed by atoms with Crippen molar-refractivity contribution in [2.45, 2.75) is 0 Å². The molecule has 0 fully saturated rings. The molecule has 0 aliphatic heterocycles. The van der Waals surface area contributed by atoms with Crippen LogP contribution in [0.25, 0.3) is 11.6 Å². The van der Waals surface area contributed by atoms with Crippen LogP contribution in [-0.2, 0) is 9.53 Å². The van der Waals surface area contributed by atoms with Gasteiger partial charge in [-0.05, 0) is 29.8 Å². The first-order valence-corrected chi connectivity index (χ1v) is 7.60. The number of nitro groups is 1. The van der Waals surface area contributed by atoms with Gasteiger partial charge >= 0.3 is 5.97 Å². The number of hydrogen-bond acceptors (Lipinski definition) is 4. The Bertz CT molecular complexity index is 804. The van der Waals surface area contributed by atoms with Crippen molar-refractivity contribution in [3.63, 3.8) is 0 Å². The van der Waals surface area contributed by atoms with Gasteiger partial charge in [0, 0.05) is 15.6 Å². The lowest BCUT2D eigenvalue weighted by Gasteiger charge is -2.08. The van der Waals surface area contributed by atoms with Gasteiger partial charge in [-0.15, -0.1) is 0 Å². The SMILES string of the molecule is COC(=O)/C(=C/c1ccc(Cl)cc1Br)c1ccccc1[N+](=O)[O-]. The number of ether oxygens (including phenoxy) is 1. The number of methoxy groups -OCH3 is 1. The second kappa shape index (κ2) is 7.39. The summed E-state index contributed by atoms with van der Waals surface area (Å²) in [5, 5.41) is 11.7. The van der Waals surface area contributed by atoms with E-state index in [1.54, 1.807) is 24.3 Å². The molecule has 0 saturated carbocycles. The predicted octanol–water partition coefficient (Wildman–Crippen LogP) is 4.72. The molecule has 118 valence electrons. The van der Waals surface area contributed by atoms with Crippen molar-refractivity contribution in [3.8, 4) is 0 Å². The van der Waals surface area contributed by atoms with E-state index in [0.717, 1.165) is 0 Å². The van der Waals surface area contributed by atoms with Crippen LogP contribution in [0.15, 0.2) is 46.9 Å². The van der Waals surface area contributed by atoms with Crippen LogP contribution < -0.4 is 0 Å². The van der Waals surface area contributed by atoms with Crippen LogP contribution in [0.2, 0.25) is 5.02 Å². The van der Waals surface area contributed by atoms with Crippen molar-refractivity contribution in [1.29, 1.82) is 0 Å². The van der Waals surface area contributed by atoms with Crippen molar-refractivity contribution in [2.24, 2.45) is 0 Å². The molecule has 0 N–H and O–H groups in total. The third-order valence-electron chi connectivity index (χ3n) is 3.06. The number of carbonyl (C=O) groups excluding carboxylic acids is 1. The molecular formula is C16H11BrClNO4. The molecule has 0 spiro atoms. The summed E-state index contributed by atoms with van der Waals surface area (Å²) in [7, 11) is 1.22. The number of hydrogen-bond donors (Lipinski definition) is 0. The number of para-hydroxylation sites is 1. The smallest absolute Gasteiger partial charge is 0.338 e. The van der Waals surface area contributed by atoms with Crippen LogP contribution in [0.3, 0.4) is 0 Å². The molecule has 23 heavy (non-hydrogen) atoms. The van der Waals surface area contributed by atoms with Crippen LogP contribution in [0.5, 0.6) is 0 Å². The zero-order chi connectivity index (χ0) is 17.0. The van der Waals surface area contributed by atoms with Crippen molar-refractivity contribution in [2.75, 3.05) is 7.11 Å². The van der Waals surface area contributed by atoms with Crippen LogP contribution in [0.4, 0.5) is 5.69 Å². The maximum atomic E-state index is 12.1. The van der Waals surface area contributed by atoms with E-state index in [1.165, 1.54) is 31.4 Å². The van der Waals surface area contributed by atoms with Gasteiger partial charge in [0.15, 0.2) is 0 Å². The summed E-state index contributed by atoms with van der Waals surface area (Å²) in [5.74, 6) is -0.666. The average Bonchev–Trinajstić information content (AvgIpc) is 2.53. The molecule has 0 aliphatic carbocycles. The van der Waals surface area contributed by atoms with Gasteiger partial charge in [-0.1, -0.05) is 45.7 Å². The average molecular weight is 397 g/mol. The highest BCUT2D eigenvalue weighted by molar-refractivity contribution is 9.10. The fourth-order valence-electron chi connectivity index (χ4n) is 1.99. The summed E-state index contributed by atoms with van der Waals surface area (Å²) in [5.41, 5.74) is 0.746. The maximum Gasteiger partial charge on any atom is 0.338 e. The number of nitrogens with zero attached hydrogens (tertiary/aromatic N) is 1. The first-order chi connectivity index (χ1) is 10.9. The molecule has 0 atom stereocenters. The Balaban J connectivity index is 2.65. The normalized spacial score (nSPS) is 11.2. The highest BCUT2D eigenvalue weighted by Gasteiger charge is 2.22. The van der Waals surface area contributed by atoms with Crippen LogP contribution >= 0.6 is 27.5 Å². The van der Waals surface area contributed by atoms with Crippen LogP contribution in [0, 0.1) is 10.1 Å². The number of esters is 1. The first-order valence-electron chi connectivity index (χ1n) is 6.43. The Morgan fingerprint density at radius 2 is 2.00 bits per heavy atom. The number of rotatable bonds is 4. The molecule has 0 saturated heterocycles. The first kappa shape index (κ1) is 17.2. The lowest BCUT2D eigenvalue weighted by molar-refractivity contribution is -0.385. The van der Waals surface area contributed by atoms with E-state index in [9.17, 15) is 14.9 Å². The molecule has 0 bridgehead atoms. The molecule has 5 nitrogen and oxygen atoms in total. The van der Waals surface area contributed by atoms with E-state index < -0.39 is 10.9 Å². The summed E-state index contributed by atoms with van der Waals surface area (Å²) in [6, 6.07) is 11.0. The highest BCUT2D eigenvalue weighted by atomic mass is 79.9. The Kier molecular flexibility index (Phi) is 5.52. The standard InChI is InChI=1S/C16H11BrClNO4/c1-23-16(20)13(8-10-6-7-11(18)9-14(10)17)12-4-2-3-5-15(12)19(21)22/h2-9H,1H3/b13-8+. The lowest BCUT2D eigenvalue weighted by atomic mass is 10.0. The van der Waals surface area contributed by atoms with E-state index in [4.69, 9.17) is 16.3 Å². The lowest BCUT2D eigenvalue weighted by Crippen LogP contribution is -2.06. The van der Waals surface area contributed by atoms with Crippen LogP contribution in [-0.4, -0.2) is 18.0 Å².